The van der Waals surface area contributed by atoms with Gasteiger partial charge in [0.05, 0.1) is 6.61 Å². The van der Waals surface area contributed by atoms with Crippen molar-refractivity contribution in [2.75, 3.05) is 6.61 Å². The average molecular weight is 476 g/mol. The van der Waals surface area contributed by atoms with Crippen LogP contribution in [0, 0.1) is 0 Å². The lowest BCUT2D eigenvalue weighted by atomic mass is 9.95. The lowest BCUT2D eigenvalue weighted by Gasteiger charge is -2.44. The van der Waals surface area contributed by atoms with E-state index in [1.807, 2.05) is 13.0 Å². The lowest BCUT2D eigenvalue weighted by Crippen LogP contribution is -2.71. The minimum absolute atomic E-state index is 0.304. The fraction of sp³-hybridized carbons (Fsp3) is 0.478. The van der Waals surface area contributed by atoms with Gasteiger partial charge in [0.15, 0.2) is 0 Å². The Balaban J connectivity index is 1.75. The van der Waals surface area contributed by atoms with Crippen LogP contribution in [0.15, 0.2) is 42.1 Å². The van der Waals surface area contributed by atoms with Crippen LogP contribution in [0.3, 0.4) is 0 Å². The molecule has 0 spiro atoms. The van der Waals surface area contributed by atoms with Crippen LogP contribution in [0.2, 0.25) is 0 Å². The van der Waals surface area contributed by atoms with Crippen LogP contribution in [0.25, 0.3) is 0 Å². The number of ether oxygens (including phenoxy) is 1. The lowest BCUT2D eigenvalue weighted by molar-refractivity contribution is -0.161. The van der Waals surface area contributed by atoms with Gasteiger partial charge in [0.2, 0.25) is 11.8 Å². The highest BCUT2D eigenvalue weighted by atomic mass is 32.2. The van der Waals surface area contributed by atoms with Gasteiger partial charge in [-0.2, -0.15) is 0 Å². The highest BCUT2D eigenvalue weighted by molar-refractivity contribution is 8.01. The molecule has 9 nitrogen and oxygen atoms in total. The number of hydrogen-bond acceptors (Lipinski definition) is 7. The predicted octanol–water partition coefficient (Wildman–Crippen LogP) is 1.81. The maximum atomic E-state index is 13.2. The van der Waals surface area contributed by atoms with Crippen molar-refractivity contribution < 1.29 is 29.0 Å². The highest BCUT2D eigenvalue weighted by Crippen LogP contribution is 2.50. The Morgan fingerprint density at radius 1 is 1.27 bits per heavy atom. The van der Waals surface area contributed by atoms with Gasteiger partial charge in [0, 0.05) is 16.5 Å². The number of carboxylic acid groups (broad SMARTS) is 1. The molecule has 3 N–H and O–H groups in total. The number of nitrogens with zero attached hydrogens (tertiary/aromatic N) is 1. The molecule has 0 bridgehead atoms. The Hall–Kier alpha value is -3.01. The van der Waals surface area contributed by atoms with Gasteiger partial charge in [-0.05, 0) is 32.8 Å². The van der Waals surface area contributed by atoms with Gasteiger partial charge in [-0.1, -0.05) is 37.3 Å². The molecule has 4 atom stereocenters. The summed E-state index contributed by atoms with van der Waals surface area (Å²) in [6, 6.07) is 6.29. The summed E-state index contributed by atoms with van der Waals surface area (Å²) in [6.07, 6.45) is 1.98. The first-order valence-electron chi connectivity index (χ1n) is 10.8. The standard InChI is InChI=1S/C23H29N3O6S/c1-5-11-32-15(27)12-13(2)24-16(14-9-7-6-8-10-14)19(28)25-17-20(29)26-18(22(30)31)23(3,4)33-21(17)26/h6-10,12,16-18,21,24H,5,11H2,1-4H3,(H,25,28)(H,30,31)/t16?,17-,18+,21-/m1/s1. The second kappa shape index (κ2) is 9.86. The Morgan fingerprint density at radius 2 is 1.94 bits per heavy atom. The number of β-lactam (4-membered cyclic amide) rings is 1. The van der Waals surface area contributed by atoms with Crippen molar-refractivity contribution in [3.63, 3.8) is 0 Å². The van der Waals surface area contributed by atoms with Crippen LogP contribution < -0.4 is 10.6 Å². The van der Waals surface area contributed by atoms with E-state index in [0.717, 1.165) is 0 Å². The quantitative estimate of drug-likeness (QED) is 0.281. The van der Waals surface area contributed by atoms with Gasteiger partial charge < -0.3 is 25.4 Å². The van der Waals surface area contributed by atoms with E-state index in [1.54, 1.807) is 45.0 Å². The molecule has 2 fully saturated rings. The van der Waals surface area contributed by atoms with Gasteiger partial charge in [-0.25, -0.2) is 9.59 Å². The molecule has 2 saturated heterocycles. The smallest absolute Gasteiger partial charge is 0.332 e. The van der Waals surface area contributed by atoms with Crippen molar-refractivity contribution in [2.24, 2.45) is 0 Å². The highest BCUT2D eigenvalue weighted by Gasteiger charge is 2.64. The van der Waals surface area contributed by atoms with Crippen molar-refractivity contribution >= 4 is 35.5 Å². The molecule has 10 heteroatoms. The number of carboxylic acids is 1. The van der Waals surface area contributed by atoms with E-state index in [1.165, 1.54) is 22.7 Å². The third-order valence-corrected chi connectivity index (χ3v) is 7.09. The normalized spacial score (nSPS) is 24.4. The van der Waals surface area contributed by atoms with E-state index in [4.69, 9.17) is 4.74 Å². The Kier molecular flexibility index (Phi) is 7.36. The first-order valence-corrected chi connectivity index (χ1v) is 11.6. The topological polar surface area (TPSA) is 125 Å². The molecule has 1 aromatic carbocycles. The summed E-state index contributed by atoms with van der Waals surface area (Å²) >= 11 is 1.36. The van der Waals surface area contributed by atoms with Crippen LogP contribution in [-0.4, -0.2) is 62.6 Å². The predicted molar refractivity (Wildman–Crippen MR) is 123 cm³/mol. The van der Waals surface area contributed by atoms with Gasteiger partial charge in [0.1, 0.15) is 23.5 Å². The van der Waals surface area contributed by atoms with E-state index >= 15 is 0 Å². The number of fused-ring (bicyclic) bond motifs is 1. The summed E-state index contributed by atoms with van der Waals surface area (Å²) in [7, 11) is 0. The Bertz CT molecular complexity index is 964. The molecule has 3 rings (SSSR count). The van der Waals surface area contributed by atoms with E-state index in [2.05, 4.69) is 10.6 Å². The number of hydrogen-bond donors (Lipinski definition) is 3. The molecule has 2 amide bonds. The third-order valence-electron chi connectivity index (χ3n) is 5.52. The molecule has 2 heterocycles. The molecule has 2 aliphatic rings. The number of thioether (sulfide) groups is 1. The minimum atomic E-state index is -1.06. The molecular weight excluding hydrogens is 446 g/mol. The summed E-state index contributed by atoms with van der Waals surface area (Å²) in [5.41, 5.74) is 1.08. The third kappa shape index (κ3) is 5.16. The van der Waals surface area contributed by atoms with Crippen molar-refractivity contribution in [1.29, 1.82) is 0 Å². The van der Waals surface area contributed by atoms with E-state index in [0.29, 0.717) is 24.3 Å². The molecule has 2 aliphatic heterocycles. The molecule has 33 heavy (non-hydrogen) atoms. The van der Waals surface area contributed by atoms with Gasteiger partial charge in [0.25, 0.3) is 0 Å². The maximum absolute atomic E-state index is 13.2. The van der Waals surface area contributed by atoms with Crippen LogP contribution in [-0.2, 0) is 23.9 Å². The van der Waals surface area contributed by atoms with Crippen molar-refractivity contribution in [1.82, 2.24) is 15.5 Å². The van der Waals surface area contributed by atoms with Crippen LogP contribution >= 0.6 is 11.8 Å². The van der Waals surface area contributed by atoms with Crippen LogP contribution in [0.5, 0.6) is 0 Å². The number of nitrogens with one attached hydrogen (secondary N) is 2. The number of amides is 2. The van der Waals surface area contributed by atoms with Crippen molar-refractivity contribution in [3.8, 4) is 0 Å². The molecule has 1 aromatic rings. The fourth-order valence-electron chi connectivity index (χ4n) is 4.02. The van der Waals surface area contributed by atoms with E-state index in [-0.39, 0.29) is 0 Å². The first-order chi connectivity index (χ1) is 15.6. The minimum Gasteiger partial charge on any atom is -0.480 e. The number of benzene rings is 1. The molecule has 178 valence electrons. The zero-order chi connectivity index (χ0) is 24.3. The molecule has 1 unspecified atom stereocenters. The summed E-state index contributed by atoms with van der Waals surface area (Å²) in [5.74, 6) is -2.44. The SMILES string of the molecule is CCCOC(=O)C=C(C)NC(C(=O)N[C@@H]1C(=O)N2[C@@H]1SC(C)(C)[C@@H]2C(=O)O)c1ccccc1. The van der Waals surface area contributed by atoms with Gasteiger partial charge in [-0.3, -0.25) is 9.59 Å². The van der Waals surface area contributed by atoms with Crippen molar-refractivity contribution in [2.45, 2.75) is 62.4 Å². The second-order valence-corrected chi connectivity index (χ2v) is 10.3. The average Bonchev–Trinajstić information content (AvgIpc) is 3.02. The number of carbonyl (C=O) groups excluding carboxylic acids is 3. The van der Waals surface area contributed by atoms with E-state index in [9.17, 15) is 24.3 Å². The summed E-state index contributed by atoms with van der Waals surface area (Å²) in [5, 5.41) is 14.9. The second-order valence-electron chi connectivity index (χ2n) is 8.57. The first kappa shape index (κ1) is 24.6. The molecular formula is C23H29N3O6S. The summed E-state index contributed by atoms with van der Waals surface area (Å²) < 4.78 is 4.37. The van der Waals surface area contributed by atoms with Crippen LogP contribution in [0.1, 0.15) is 45.7 Å². The molecule has 0 aromatic heterocycles. The fourth-order valence-corrected chi connectivity index (χ4v) is 5.64. The largest absolute Gasteiger partial charge is 0.480 e. The van der Waals surface area contributed by atoms with E-state index < -0.39 is 52.0 Å². The number of aliphatic carboxylic acids is 1. The number of esters is 1. The molecule has 0 saturated carbocycles. The van der Waals surface area contributed by atoms with Crippen molar-refractivity contribution in [3.05, 3.63) is 47.7 Å². The number of carbonyl (C=O) groups is 4. The van der Waals surface area contributed by atoms with Crippen LogP contribution in [0.4, 0.5) is 0 Å². The van der Waals surface area contributed by atoms with Gasteiger partial charge >= 0.3 is 11.9 Å². The maximum Gasteiger partial charge on any atom is 0.332 e. The number of allylic oxidation sites excluding steroid dienone is 1. The Morgan fingerprint density at radius 3 is 2.55 bits per heavy atom. The Labute approximate surface area is 196 Å². The number of rotatable bonds is 9. The summed E-state index contributed by atoms with van der Waals surface area (Å²) in [4.78, 5) is 50.9. The molecule has 0 aliphatic carbocycles. The van der Waals surface area contributed by atoms with Gasteiger partial charge in [-0.15, -0.1) is 11.8 Å². The monoisotopic (exact) mass is 475 g/mol. The zero-order valence-corrected chi connectivity index (χ0v) is 19.8. The molecule has 0 radical (unpaired) electrons. The summed E-state index contributed by atoms with van der Waals surface area (Å²) in [6.45, 7) is 7.41. The zero-order valence-electron chi connectivity index (χ0n) is 19.0.